The van der Waals surface area contributed by atoms with Gasteiger partial charge in [0.15, 0.2) is 5.65 Å². The van der Waals surface area contributed by atoms with Crippen LogP contribution in [0.4, 0.5) is 0 Å². The first-order valence-corrected chi connectivity index (χ1v) is 8.24. The monoisotopic (exact) mass is 363 g/mol. The van der Waals surface area contributed by atoms with E-state index in [2.05, 4.69) is 55.6 Å². The fraction of sp³-hybridized carbons (Fsp3) is 0.250. The normalized spacial score (nSPS) is 11.2. The predicted octanol–water partition coefficient (Wildman–Crippen LogP) is 4.87. The molecule has 0 bridgehead atoms. The van der Waals surface area contributed by atoms with E-state index in [0.29, 0.717) is 5.88 Å². The van der Waals surface area contributed by atoms with Gasteiger partial charge in [-0.15, -0.1) is 11.6 Å². The Kier molecular flexibility index (Phi) is 4.27. The molecule has 3 rings (SSSR count). The molecular weight excluding hydrogens is 350 g/mol. The van der Waals surface area contributed by atoms with Crippen molar-refractivity contribution in [3.8, 4) is 5.69 Å². The summed E-state index contributed by atoms with van der Waals surface area (Å²) in [7, 11) is 0. The van der Waals surface area contributed by atoms with Crippen molar-refractivity contribution < 1.29 is 0 Å². The molecule has 2 aromatic heterocycles. The average molecular weight is 365 g/mol. The summed E-state index contributed by atoms with van der Waals surface area (Å²) in [5, 5.41) is 0. The fourth-order valence-corrected chi connectivity index (χ4v) is 3.04. The SMILES string of the molecule is CCCc1ccccc1-n1c(CCl)nc2cc(Br)cnc21. The maximum atomic E-state index is 6.10. The molecule has 0 unspecified atom stereocenters. The molecular formula is C16H15BrClN3. The summed E-state index contributed by atoms with van der Waals surface area (Å²) in [6, 6.07) is 10.3. The van der Waals surface area contributed by atoms with E-state index in [9.17, 15) is 0 Å². The van der Waals surface area contributed by atoms with Crippen LogP contribution in [0.5, 0.6) is 0 Å². The van der Waals surface area contributed by atoms with Crippen molar-refractivity contribution in [2.45, 2.75) is 25.6 Å². The number of halogens is 2. The summed E-state index contributed by atoms with van der Waals surface area (Å²) in [5.41, 5.74) is 4.10. The third kappa shape index (κ3) is 2.70. The molecule has 3 nitrogen and oxygen atoms in total. The van der Waals surface area contributed by atoms with Crippen LogP contribution < -0.4 is 0 Å². The fourth-order valence-electron chi connectivity index (χ4n) is 2.54. The van der Waals surface area contributed by atoms with Crippen LogP contribution in [0.1, 0.15) is 24.7 Å². The summed E-state index contributed by atoms with van der Waals surface area (Å²) < 4.78 is 2.99. The van der Waals surface area contributed by atoms with Crippen LogP contribution in [0.25, 0.3) is 16.9 Å². The van der Waals surface area contributed by atoms with Crippen LogP contribution in [0.15, 0.2) is 41.0 Å². The van der Waals surface area contributed by atoms with Gasteiger partial charge in [-0.3, -0.25) is 4.57 Å². The molecule has 0 aliphatic rings. The maximum Gasteiger partial charge on any atom is 0.164 e. The zero-order chi connectivity index (χ0) is 14.8. The smallest absolute Gasteiger partial charge is 0.164 e. The minimum Gasteiger partial charge on any atom is -0.279 e. The first-order chi connectivity index (χ1) is 10.2. The highest BCUT2D eigenvalue weighted by Gasteiger charge is 2.15. The number of para-hydroxylation sites is 1. The maximum absolute atomic E-state index is 6.10. The minimum absolute atomic E-state index is 0.356. The van der Waals surface area contributed by atoms with E-state index in [1.54, 1.807) is 6.20 Å². The lowest BCUT2D eigenvalue weighted by atomic mass is 10.1. The Morgan fingerprint density at radius 2 is 2.10 bits per heavy atom. The van der Waals surface area contributed by atoms with E-state index in [1.165, 1.54) is 5.56 Å². The van der Waals surface area contributed by atoms with Gasteiger partial charge >= 0.3 is 0 Å². The molecule has 5 heteroatoms. The van der Waals surface area contributed by atoms with Crippen molar-refractivity contribution in [2.24, 2.45) is 0 Å². The second kappa shape index (κ2) is 6.16. The van der Waals surface area contributed by atoms with Crippen molar-refractivity contribution in [3.05, 3.63) is 52.4 Å². The van der Waals surface area contributed by atoms with Crippen LogP contribution >= 0.6 is 27.5 Å². The molecule has 0 atom stereocenters. The van der Waals surface area contributed by atoms with Crippen molar-refractivity contribution in [1.29, 1.82) is 0 Å². The largest absolute Gasteiger partial charge is 0.279 e. The molecule has 0 aliphatic heterocycles. The first kappa shape index (κ1) is 14.5. The van der Waals surface area contributed by atoms with Gasteiger partial charge < -0.3 is 0 Å². The summed E-state index contributed by atoms with van der Waals surface area (Å²) >= 11 is 9.54. The van der Waals surface area contributed by atoms with Gasteiger partial charge in [0.2, 0.25) is 0 Å². The number of fused-ring (bicyclic) bond motifs is 1. The van der Waals surface area contributed by atoms with E-state index < -0.39 is 0 Å². The average Bonchev–Trinajstić information content (AvgIpc) is 2.85. The molecule has 1 aromatic carbocycles. The summed E-state index contributed by atoms with van der Waals surface area (Å²) in [6.07, 6.45) is 3.91. The molecule has 21 heavy (non-hydrogen) atoms. The third-order valence-electron chi connectivity index (χ3n) is 3.40. The second-order valence-corrected chi connectivity index (χ2v) is 6.05. The summed E-state index contributed by atoms with van der Waals surface area (Å²) in [5.74, 6) is 1.18. The van der Waals surface area contributed by atoms with Crippen LogP contribution in [0, 0.1) is 0 Å². The Bertz CT molecular complexity index is 782. The van der Waals surface area contributed by atoms with E-state index in [-0.39, 0.29) is 0 Å². The second-order valence-electron chi connectivity index (χ2n) is 4.87. The molecule has 108 valence electrons. The van der Waals surface area contributed by atoms with Gasteiger partial charge in [0.1, 0.15) is 11.3 Å². The highest BCUT2D eigenvalue weighted by Crippen LogP contribution is 2.26. The van der Waals surface area contributed by atoms with E-state index in [0.717, 1.165) is 40.0 Å². The zero-order valence-corrected chi connectivity index (χ0v) is 14.0. The van der Waals surface area contributed by atoms with Gasteiger partial charge in [-0.25, -0.2) is 9.97 Å². The van der Waals surface area contributed by atoms with Gasteiger partial charge in [0.25, 0.3) is 0 Å². The van der Waals surface area contributed by atoms with Crippen LogP contribution in [0.2, 0.25) is 0 Å². The van der Waals surface area contributed by atoms with Gasteiger partial charge in [-0.05, 0) is 40.0 Å². The number of rotatable bonds is 4. The van der Waals surface area contributed by atoms with E-state index >= 15 is 0 Å². The summed E-state index contributed by atoms with van der Waals surface area (Å²) in [6.45, 7) is 2.18. The summed E-state index contributed by atoms with van der Waals surface area (Å²) in [4.78, 5) is 9.13. The molecule has 0 radical (unpaired) electrons. The number of alkyl halides is 1. The molecule has 0 spiro atoms. The first-order valence-electron chi connectivity index (χ1n) is 6.91. The lowest BCUT2D eigenvalue weighted by Gasteiger charge is -2.12. The van der Waals surface area contributed by atoms with Gasteiger partial charge in [-0.2, -0.15) is 0 Å². The lowest BCUT2D eigenvalue weighted by molar-refractivity contribution is 0.886. The van der Waals surface area contributed by atoms with Crippen LogP contribution in [-0.2, 0) is 12.3 Å². The number of imidazole rings is 1. The Morgan fingerprint density at radius 1 is 1.29 bits per heavy atom. The van der Waals surface area contributed by atoms with Crippen molar-refractivity contribution in [2.75, 3.05) is 0 Å². The Morgan fingerprint density at radius 3 is 2.86 bits per heavy atom. The Labute approximate surface area is 137 Å². The highest BCUT2D eigenvalue weighted by molar-refractivity contribution is 9.10. The molecule has 0 saturated carbocycles. The van der Waals surface area contributed by atoms with E-state index in [1.807, 2.05) is 12.1 Å². The number of nitrogens with zero attached hydrogens (tertiary/aromatic N) is 3. The molecule has 0 fully saturated rings. The number of aryl methyl sites for hydroxylation is 1. The molecule has 0 aliphatic carbocycles. The Balaban J connectivity index is 2.29. The molecule has 0 amide bonds. The van der Waals surface area contributed by atoms with Gasteiger partial charge in [0, 0.05) is 10.7 Å². The van der Waals surface area contributed by atoms with Crippen LogP contribution in [-0.4, -0.2) is 14.5 Å². The van der Waals surface area contributed by atoms with Gasteiger partial charge in [0.05, 0.1) is 11.6 Å². The van der Waals surface area contributed by atoms with Crippen molar-refractivity contribution >= 4 is 38.7 Å². The zero-order valence-electron chi connectivity index (χ0n) is 11.7. The van der Waals surface area contributed by atoms with E-state index in [4.69, 9.17) is 11.6 Å². The van der Waals surface area contributed by atoms with Gasteiger partial charge in [-0.1, -0.05) is 31.5 Å². The molecule has 0 N–H and O–H groups in total. The minimum atomic E-state index is 0.356. The number of pyridine rings is 1. The molecule has 2 heterocycles. The number of benzene rings is 1. The molecule has 3 aromatic rings. The lowest BCUT2D eigenvalue weighted by Crippen LogP contribution is -2.04. The number of aromatic nitrogens is 3. The van der Waals surface area contributed by atoms with Crippen molar-refractivity contribution in [3.63, 3.8) is 0 Å². The highest BCUT2D eigenvalue weighted by atomic mass is 79.9. The number of hydrogen-bond acceptors (Lipinski definition) is 2. The topological polar surface area (TPSA) is 30.7 Å². The van der Waals surface area contributed by atoms with Crippen molar-refractivity contribution in [1.82, 2.24) is 14.5 Å². The Hall–Kier alpha value is -1.39. The predicted molar refractivity (Wildman–Crippen MR) is 90.1 cm³/mol. The standard InChI is InChI=1S/C16H15BrClN3/c1-2-5-11-6-3-4-7-14(11)21-15(9-18)20-13-8-12(17)10-19-16(13)21/h3-4,6-8,10H,2,5,9H2,1H3. The molecule has 0 saturated heterocycles. The van der Waals surface area contributed by atoms with Crippen LogP contribution in [0.3, 0.4) is 0 Å². The number of hydrogen-bond donors (Lipinski definition) is 0. The third-order valence-corrected chi connectivity index (χ3v) is 4.08. The quantitative estimate of drug-likeness (QED) is 0.618.